The number of nitrogens with one attached hydrogen (secondary N) is 1. The smallest absolute Gasteiger partial charge is 0.246 e. The number of carbonyl (C=O) groups is 1. The zero-order valence-corrected chi connectivity index (χ0v) is 15.0. The maximum absolute atomic E-state index is 11.9. The Morgan fingerprint density at radius 3 is 2.88 bits per heavy atom. The van der Waals surface area contributed by atoms with E-state index in [1.54, 1.807) is 0 Å². The molecule has 1 aromatic carbocycles. The van der Waals surface area contributed by atoms with Gasteiger partial charge in [0.05, 0.1) is 17.2 Å². The van der Waals surface area contributed by atoms with Crippen LogP contribution in [0.1, 0.15) is 11.5 Å². The fraction of sp³-hybridized carbons (Fsp3) is 0.188. The van der Waals surface area contributed by atoms with Crippen LogP contribution in [-0.2, 0) is 17.1 Å². The lowest BCUT2D eigenvalue weighted by Gasteiger charge is -2.03. The molecule has 3 rings (SSSR count). The molecule has 5 nitrogen and oxygen atoms in total. The predicted octanol–water partition coefficient (Wildman–Crippen LogP) is 4.00. The summed E-state index contributed by atoms with van der Waals surface area (Å²) >= 11 is 8.92. The largest absolute Gasteiger partial charge is 0.346 e. The summed E-state index contributed by atoms with van der Waals surface area (Å²) in [4.78, 5) is 17.1. The summed E-state index contributed by atoms with van der Waals surface area (Å²) in [5.74, 6) is 2.01. The van der Waals surface area contributed by atoms with Crippen LogP contribution in [0.4, 0.5) is 0 Å². The average molecular weight is 380 g/mol. The van der Waals surface area contributed by atoms with Crippen molar-refractivity contribution in [1.82, 2.24) is 15.5 Å². The molecule has 2 heterocycles. The fourth-order valence-corrected chi connectivity index (χ4v) is 3.49. The van der Waals surface area contributed by atoms with Gasteiger partial charge in [-0.25, -0.2) is 0 Å². The van der Waals surface area contributed by atoms with Gasteiger partial charge in [0.25, 0.3) is 0 Å². The minimum Gasteiger partial charge on any atom is -0.346 e. The van der Waals surface area contributed by atoms with Gasteiger partial charge in [0, 0.05) is 10.8 Å². The number of hydrogen-bond donors (Lipinski definition) is 1. The number of amides is 1. The molecule has 0 aliphatic heterocycles. The Morgan fingerprint density at radius 2 is 2.12 bits per heavy atom. The summed E-state index contributed by atoms with van der Waals surface area (Å²) in [6.07, 6.45) is 0. The molecule has 24 heavy (non-hydrogen) atoms. The first-order valence-corrected chi connectivity index (χ1v) is 9.57. The number of carbonyl (C=O) groups excluding carboxylic acids is 1. The molecule has 0 saturated carbocycles. The number of thiophene rings is 1. The first kappa shape index (κ1) is 17.0. The van der Waals surface area contributed by atoms with Crippen LogP contribution in [0.15, 0.2) is 46.3 Å². The van der Waals surface area contributed by atoms with Gasteiger partial charge in [-0.3, -0.25) is 4.79 Å². The van der Waals surface area contributed by atoms with Crippen LogP contribution in [0.25, 0.3) is 10.7 Å². The molecule has 0 spiro atoms. The van der Waals surface area contributed by atoms with Crippen molar-refractivity contribution in [3.05, 3.63) is 58.3 Å². The number of thioether (sulfide) groups is 1. The molecule has 0 fully saturated rings. The number of nitrogens with zero attached hydrogens (tertiary/aromatic N) is 2. The van der Waals surface area contributed by atoms with E-state index in [4.69, 9.17) is 16.1 Å². The van der Waals surface area contributed by atoms with E-state index in [-0.39, 0.29) is 12.5 Å². The summed E-state index contributed by atoms with van der Waals surface area (Å²) in [5.41, 5.74) is 1.13. The molecule has 0 aliphatic carbocycles. The van der Waals surface area contributed by atoms with Crippen LogP contribution in [0.2, 0.25) is 5.02 Å². The number of hydrogen-bond acceptors (Lipinski definition) is 6. The van der Waals surface area contributed by atoms with E-state index < -0.39 is 0 Å². The van der Waals surface area contributed by atoms with Gasteiger partial charge in [-0.05, 0) is 29.1 Å². The van der Waals surface area contributed by atoms with Gasteiger partial charge in [0.15, 0.2) is 0 Å². The summed E-state index contributed by atoms with van der Waals surface area (Å²) in [6, 6.07) is 11.5. The second-order valence-corrected chi connectivity index (χ2v) is 7.25. The van der Waals surface area contributed by atoms with Gasteiger partial charge in [0.2, 0.25) is 17.6 Å². The highest BCUT2D eigenvalue weighted by Gasteiger charge is 2.10. The highest BCUT2D eigenvalue weighted by molar-refractivity contribution is 7.99. The number of rotatable bonds is 7. The average Bonchev–Trinajstić information content (AvgIpc) is 3.26. The monoisotopic (exact) mass is 379 g/mol. The van der Waals surface area contributed by atoms with Gasteiger partial charge in [-0.2, -0.15) is 4.98 Å². The summed E-state index contributed by atoms with van der Waals surface area (Å²) in [5, 5.41) is 9.34. The summed E-state index contributed by atoms with van der Waals surface area (Å²) < 4.78 is 5.14. The Balaban J connectivity index is 1.40. The second kappa shape index (κ2) is 8.32. The third-order valence-corrected chi connectivity index (χ3v) is 5.18. The molecule has 2 aromatic heterocycles. The molecular formula is C16H14ClN3O2S2. The van der Waals surface area contributed by atoms with Crippen molar-refractivity contribution in [2.75, 3.05) is 5.75 Å². The van der Waals surface area contributed by atoms with E-state index in [1.807, 2.05) is 41.8 Å². The molecule has 0 radical (unpaired) electrons. The Morgan fingerprint density at radius 1 is 1.29 bits per heavy atom. The molecule has 0 unspecified atom stereocenters. The molecule has 0 aliphatic rings. The summed E-state index contributed by atoms with van der Waals surface area (Å²) in [6.45, 7) is 0.235. The highest BCUT2D eigenvalue weighted by Crippen LogP contribution is 2.21. The van der Waals surface area contributed by atoms with Crippen molar-refractivity contribution < 1.29 is 9.32 Å². The number of benzene rings is 1. The third-order valence-electron chi connectivity index (χ3n) is 3.06. The molecule has 124 valence electrons. The van der Waals surface area contributed by atoms with Crippen molar-refractivity contribution in [2.24, 2.45) is 0 Å². The standard InChI is InChI=1S/C16H14ClN3O2S2/c17-12-5-3-11(4-6-12)9-23-10-14(21)18-8-15-19-16(20-22-15)13-2-1-7-24-13/h1-7H,8-10H2,(H,18,21). The van der Waals surface area contributed by atoms with Crippen LogP contribution in [-0.4, -0.2) is 21.8 Å². The van der Waals surface area contributed by atoms with Gasteiger partial charge < -0.3 is 9.84 Å². The highest BCUT2D eigenvalue weighted by atomic mass is 35.5. The van der Waals surface area contributed by atoms with Crippen molar-refractivity contribution >= 4 is 40.6 Å². The van der Waals surface area contributed by atoms with Gasteiger partial charge >= 0.3 is 0 Å². The maximum Gasteiger partial charge on any atom is 0.246 e. The van der Waals surface area contributed by atoms with Gasteiger partial charge in [-0.1, -0.05) is 35.0 Å². The molecule has 1 N–H and O–H groups in total. The van der Waals surface area contributed by atoms with Crippen molar-refractivity contribution in [3.8, 4) is 10.7 Å². The second-order valence-electron chi connectivity index (χ2n) is 4.89. The van der Waals surface area contributed by atoms with E-state index >= 15 is 0 Å². The normalized spacial score (nSPS) is 10.7. The van der Waals surface area contributed by atoms with Crippen LogP contribution < -0.4 is 5.32 Å². The molecule has 3 aromatic rings. The molecule has 0 bridgehead atoms. The summed E-state index contributed by atoms with van der Waals surface area (Å²) in [7, 11) is 0. The van der Waals surface area contributed by atoms with Gasteiger partial charge in [-0.15, -0.1) is 23.1 Å². The molecule has 1 amide bonds. The number of aromatic nitrogens is 2. The SMILES string of the molecule is O=C(CSCc1ccc(Cl)cc1)NCc1nc(-c2cccs2)no1. The lowest BCUT2D eigenvalue weighted by atomic mass is 10.2. The number of halogens is 1. The minimum absolute atomic E-state index is 0.0650. The predicted molar refractivity (Wildman–Crippen MR) is 97.1 cm³/mol. The molecule has 0 saturated heterocycles. The first-order chi connectivity index (χ1) is 11.7. The Hall–Kier alpha value is -1.83. The zero-order valence-electron chi connectivity index (χ0n) is 12.6. The van der Waals surface area contributed by atoms with E-state index in [1.165, 1.54) is 23.1 Å². The molecular weight excluding hydrogens is 366 g/mol. The van der Waals surface area contributed by atoms with E-state index in [0.717, 1.165) is 16.2 Å². The van der Waals surface area contributed by atoms with Crippen molar-refractivity contribution in [1.29, 1.82) is 0 Å². The van der Waals surface area contributed by atoms with E-state index in [9.17, 15) is 4.79 Å². The van der Waals surface area contributed by atoms with Crippen molar-refractivity contribution in [3.63, 3.8) is 0 Å². The topological polar surface area (TPSA) is 68.0 Å². The quantitative estimate of drug-likeness (QED) is 0.672. The molecule has 0 atom stereocenters. The zero-order chi connectivity index (χ0) is 16.8. The lowest BCUT2D eigenvalue weighted by molar-refractivity contribution is -0.118. The van der Waals surface area contributed by atoms with Crippen LogP contribution in [0.3, 0.4) is 0 Å². The Kier molecular flexibility index (Phi) is 5.90. The van der Waals surface area contributed by atoms with Crippen LogP contribution in [0, 0.1) is 0 Å². The molecule has 8 heteroatoms. The van der Waals surface area contributed by atoms with Gasteiger partial charge in [0.1, 0.15) is 0 Å². The van der Waals surface area contributed by atoms with Crippen molar-refractivity contribution in [2.45, 2.75) is 12.3 Å². The van der Waals surface area contributed by atoms with E-state index in [0.29, 0.717) is 22.5 Å². The Bertz CT molecular complexity index is 788. The van der Waals surface area contributed by atoms with Crippen LogP contribution in [0.5, 0.6) is 0 Å². The lowest BCUT2D eigenvalue weighted by Crippen LogP contribution is -2.24. The van der Waals surface area contributed by atoms with Crippen LogP contribution >= 0.6 is 34.7 Å². The fourth-order valence-electron chi connectivity index (χ4n) is 1.90. The Labute approximate surface area is 152 Å². The third kappa shape index (κ3) is 4.83. The minimum atomic E-state index is -0.0650. The first-order valence-electron chi connectivity index (χ1n) is 7.16. The maximum atomic E-state index is 11.9. The van der Waals surface area contributed by atoms with E-state index in [2.05, 4.69) is 15.5 Å².